The first-order chi connectivity index (χ1) is 15.5. The lowest BCUT2D eigenvalue weighted by Gasteiger charge is -2.14. The first-order valence-electron chi connectivity index (χ1n) is 10.4. The largest absolute Gasteiger partial charge is 0.494 e. The molecule has 2 heterocycles. The van der Waals surface area contributed by atoms with E-state index in [9.17, 15) is 9.90 Å². The van der Waals surface area contributed by atoms with Crippen molar-refractivity contribution in [3.8, 4) is 17.4 Å². The van der Waals surface area contributed by atoms with E-state index in [1.54, 1.807) is 12.3 Å². The van der Waals surface area contributed by atoms with Crippen LogP contribution in [-0.2, 0) is 6.54 Å². The van der Waals surface area contributed by atoms with Gasteiger partial charge in [0.05, 0.1) is 17.8 Å². The molecule has 6 heteroatoms. The lowest BCUT2D eigenvalue weighted by Crippen LogP contribution is -2.22. The third-order valence-corrected chi connectivity index (χ3v) is 5.65. The smallest absolute Gasteiger partial charge is 0.261 e. The molecule has 6 nitrogen and oxygen atoms in total. The van der Waals surface area contributed by atoms with E-state index in [-0.39, 0.29) is 24.8 Å². The van der Waals surface area contributed by atoms with Crippen molar-refractivity contribution in [1.82, 2.24) is 4.57 Å². The summed E-state index contributed by atoms with van der Waals surface area (Å²) in [5, 5.41) is 12.3. The Balaban J connectivity index is 1.63. The average Bonchev–Trinajstić information content (AvgIpc) is 3.26. The number of aromatic nitrogens is 1. The molecule has 0 radical (unpaired) electrons. The zero-order valence-corrected chi connectivity index (χ0v) is 17.8. The van der Waals surface area contributed by atoms with E-state index in [0.29, 0.717) is 27.8 Å². The van der Waals surface area contributed by atoms with E-state index in [1.807, 2.05) is 62.4 Å². The van der Waals surface area contributed by atoms with Gasteiger partial charge in [0.1, 0.15) is 0 Å². The molecule has 0 amide bonds. The second kappa shape index (κ2) is 7.89. The molecular formula is C26H22N2O4. The zero-order valence-electron chi connectivity index (χ0n) is 17.8. The van der Waals surface area contributed by atoms with Gasteiger partial charge in [0.25, 0.3) is 5.56 Å². The van der Waals surface area contributed by atoms with Crippen molar-refractivity contribution in [3.63, 3.8) is 0 Å². The quantitative estimate of drug-likeness (QED) is 0.474. The molecule has 0 aliphatic carbocycles. The van der Waals surface area contributed by atoms with Gasteiger partial charge in [-0.3, -0.25) is 14.4 Å². The highest BCUT2D eigenvalue weighted by molar-refractivity contribution is 6.02. The maximum Gasteiger partial charge on any atom is 0.261 e. The Morgan fingerprint density at radius 3 is 2.59 bits per heavy atom. The number of aliphatic imine (C=N–C) groups is 1. The van der Waals surface area contributed by atoms with Crippen LogP contribution in [0.5, 0.6) is 17.4 Å². The number of nitrogens with zero attached hydrogens (tertiary/aromatic N) is 2. The molecule has 0 saturated carbocycles. The van der Waals surface area contributed by atoms with Gasteiger partial charge >= 0.3 is 0 Å². The molecule has 1 aliphatic rings. The van der Waals surface area contributed by atoms with Gasteiger partial charge in [-0.15, -0.1) is 0 Å². The second-order valence-corrected chi connectivity index (χ2v) is 7.91. The molecule has 1 N–H and O–H groups in total. The average molecular weight is 426 g/mol. The number of aryl methyl sites for hydroxylation is 2. The number of benzene rings is 3. The Hall–Kier alpha value is -4.06. The fourth-order valence-corrected chi connectivity index (χ4v) is 3.99. The molecule has 0 atom stereocenters. The van der Waals surface area contributed by atoms with Crippen LogP contribution >= 0.6 is 0 Å². The molecule has 32 heavy (non-hydrogen) atoms. The van der Waals surface area contributed by atoms with E-state index in [2.05, 4.69) is 11.1 Å². The van der Waals surface area contributed by atoms with Gasteiger partial charge < -0.3 is 14.6 Å². The minimum atomic E-state index is -0.264. The number of fused-ring (bicyclic) bond motifs is 2. The normalized spacial score (nSPS) is 12.7. The van der Waals surface area contributed by atoms with Crippen LogP contribution in [-0.4, -0.2) is 22.7 Å². The van der Waals surface area contributed by atoms with Crippen molar-refractivity contribution in [3.05, 3.63) is 93.3 Å². The van der Waals surface area contributed by atoms with Crippen LogP contribution in [0, 0.1) is 13.8 Å². The van der Waals surface area contributed by atoms with Gasteiger partial charge in [0, 0.05) is 17.0 Å². The first-order valence-corrected chi connectivity index (χ1v) is 10.4. The fourth-order valence-electron chi connectivity index (χ4n) is 3.99. The van der Waals surface area contributed by atoms with Gasteiger partial charge in [-0.05, 0) is 49.2 Å². The van der Waals surface area contributed by atoms with E-state index in [4.69, 9.17) is 9.47 Å². The van der Waals surface area contributed by atoms with Crippen molar-refractivity contribution >= 4 is 22.7 Å². The molecule has 3 aromatic carbocycles. The molecular weight excluding hydrogens is 404 g/mol. The first kappa shape index (κ1) is 19.9. The Kier molecular flexibility index (Phi) is 4.90. The van der Waals surface area contributed by atoms with Crippen molar-refractivity contribution in [1.29, 1.82) is 0 Å². The highest BCUT2D eigenvalue weighted by atomic mass is 16.7. The van der Waals surface area contributed by atoms with E-state index in [0.717, 1.165) is 22.4 Å². The zero-order chi connectivity index (χ0) is 22.2. The molecule has 160 valence electrons. The van der Waals surface area contributed by atoms with Gasteiger partial charge in [-0.25, -0.2) is 0 Å². The Bertz CT molecular complexity index is 1440. The Morgan fingerprint density at radius 1 is 1.00 bits per heavy atom. The summed E-state index contributed by atoms with van der Waals surface area (Å²) in [7, 11) is 0. The molecule has 0 fully saturated rings. The second-order valence-electron chi connectivity index (χ2n) is 7.91. The molecule has 1 aromatic heterocycles. The van der Waals surface area contributed by atoms with Crippen molar-refractivity contribution in [2.45, 2.75) is 20.4 Å². The lowest BCUT2D eigenvalue weighted by molar-refractivity contribution is 0.174. The van der Waals surface area contributed by atoms with Crippen LogP contribution in [0.1, 0.15) is 22.3 Å². The summed E-state index contributed by atoms with van der Waals surface area (Å²) in [5.41, 5.74) is 4.07. The van der Waals surface area contributed by atoms with E-state index >= 15 is 0 Å². The number of pyridine rings is 1. The van der Waals surface area contributed by atoms with Crippen molar-refractivity contribution < 1.29 is 14.6 Å². The minimum absolute atomic E-state index is 0.125. The maximum atomic E-state index is 13.2. The molecule has 0 unspecified atom stereocenters. The Labute approximate surface area is 185 Å². The van der Waals surface area contributed by atoms with Crippen LogP contribution in [0.2, 0.25) is 0 Å². The van der Waals surface area contributed by atoms with Crippen molar-refractivity contribution in [2.24, 2.45) is 4.99 Å². The highest BCUT2D eigenvalue weighted by Crippen LogP contribution is 2.33. The lowest BCUT2D eigenvalue weighted by atomic mass is 10.1. The maximum absolute atomic E-state index is 13.2. The van der Waals surface area contributed by atoms with Crippen LogP contribution < -0.4 is 15.0 Å². The Morgan fingerprint density at radius 2 is 1.78 bits per heavy atom. The van der Waals surface area contributed by atoms with E-state index < -0.39 is 0 Å². The summed E-state index contributed by atoms with van der Waals surface area (Å²) in [5.74, 6) is 1.18. The molecule has 4 aromatic rings. The summed E-state index contributed by atoms with van der Waals surface area (Å²) >= 11 is 0. The van der Waals surface area contributed by atoms with Gasteiger partial charge in [0.2, 0.25) is 12.7 Å². The number of rotatable bonds is 4. The molecule has 1 aliphatic heterocycles. The van der Waals surface area contributed by atoms with E-state index in [1.165, 1.54) is 4.57 Å². The number of hydrogen-bond acceptors (Lipinski definition) is 5. The molecule has 0 spiro atoms. The summed E-state index contributed by atoms with van der Waals surface area (Å²) < 4.78 is 12.2. The predicted molar refractivity (Wildman–Crippen MR) is 125 cm³/mol. The van der Waals surface area contributed by atoms with Crippen molar-refractivity contribution in [2.75, 3.05) is 6.79 Å². The molecule has 5 rings (SSSR count). The van der Waals surface area contributed by atoms with Crippen LogP contribution in [0.25, 0.3) is 10.8 Å². The number of hydrogen-bond donors (Lipinski definition) is 1. The monoisotopic (exact) mass is 426 g/mol. The summed E-state index contributed by atoms with van der Waals surface area (Å²) in [6, 6.07) is 18.8. The number of aromatic hydroxyl groups is 1. The van der Waals surface area contributed by atoms with Crippen LogP contribution in [0.15, 0.2) is 70.5 Å². The topological polar surface area (TPSA) is 73.1 Å². The summed E-state index contributed by atoms with van der Waals surface area (Å²) in [6.45, 7) is 4.40. The summed E-state index contributed by atoms with van der Waals surface area (Å²) in [6.07, 6.45) is 1.63. The third-order valence-electron chi connectivity index (χ3n) is 5.65. The van der Waals surface area contributed by atoms with Crippen LogP contribution in [0.3, 0.4) is 0 Å². The highest BCUT2D eigenvalue weighted by Gasteiger charge is 2.17. The SMILES string of the molecule is Cc1ccc(N=Cc2c(O)n(Cc3ccc4c(c3)OCO4)c(=O)c3ccccc23)c(C)c1. The standard InChI is InChI=1S/C26H22N2O4/c1-16-7-9-22(17(2)11-16)27-13-21-19-5-3-4-6-20(19)25(29)28(26(21)30)14-18-8-10-23-24(12-18)32-15-31-23/h3-13,30H,14-15H2,1-2H3. The summed E-state index contributed by atoms with van der Waals surface area (Å²) in [4.78, 5) is 17.8. The number of ether oxygens (including phenoxy) is 2. The fraction of sp³-hybridized carbons (Fsp3) is 0.154. The van der Waals surface area contributed by atoms with Gasteiger partial charge in [-0.1, -0.05) is 42.0 Å². The minimum Gasteiger partial charge on any atom is -0.494 e. The van der Waals surface area contributed by atoms with Gasteiger partial charge in [0.15, 0.2) is 11.5 Å². The van der Waals surface area contributed by atoms with Gasteiger partial charge in [-0.2, -0.15) is 0 Å². The predicted octanol–water partition coefficient (Wildman–Crippen LogP) is 4.85. The molecule has 0 saturated heterocycles. The third kappa shape index (κ3) is 3.50. The van der Waals surface area contributed by atoms with Crippen LogP contribution in [0.4, 0.5) is 5.69 Å². The molecule has 0 bridgehead atoms.